The van der Waals surface area contributed by atoms with Crippen LogP contribution in [-0.4, -0.2) is 60.0 Å². The van der Waals surface area contributed by atoms with Crippen molar-refractivity contribution in [3.05, 3.63) is 32.6 Å². The summed E-state index contributed by atoms with van der Waals surface area (Å²) in [7, 11) is -7.97. The number of nitrogens with zero attached hydrogens (tertiary/aromatic N) is 1. The lowest BCUT2D eigenvalue weighted by Gasteiger charge is -2.35. The molecule has 32 heavy (non-hydrogen) atoms. The Hall–Kier alpha value is -1.14. The Bertz CT molecular complexity index is 985. The molecule has 1 saturated heterocycles. The quantitative estimate of drug-likeness (QED) is 0.274. The van der Waals surface area contributed by atoms with Crippen molar-refractivity contribution >= 4 is 15.2 Å². The van der Waals surface area contributed by atoms with Crippen LogP contribution in [0.3, 0.4) is 0 Å². The van der Waals surface area contributed by atoms with Gasteiger partial charge in [0.05, 0.1) is 19.3 Å². The van der Waals surface area contributed by atoms with Gasteiger partial charge in [0.15, 0.2) is 6.23 Å². The minimum Gasteiger partial charge on any atom is -0.811 e. The summed E-state index contributed by atoms with van der Waals surface area (Å²) < 4.78 is 46.5. The first-order chi connectivity index (χ1) is 14.8. The number of H-pyrrole nitrogens is 1. The van der Waals surface area contributed by atoms with Gasteiger partial charge in [0.1, 0.15) is 19.8 Å². The Morgan fingerprint density at radius 3 is 2.41 bits per heavy atom. The van der Waals surface area contributed by atoms with Gasteiger partial charge in [-0.1, -0.05) is 21.4 Å². The van der Waals surface area contributed by atoms with Crippen LogP contribution in [0.4, 0.5) is 0 Å². The maximum Gasteiger partial charge on any atom is 0.330 e. The van der Waals surface area contributed by atoms with E-state index in [1.165, 1.54) is 34.1 Å². The largest absolute Gasteiger partial charge is 0.811 e. The maximum atomic E-state index is 12.5. The summed E-state index contributed by atoms with van der Waals surface area (Å²) in [5.74, 6) is 0. The summed E-state index contributed by atoms with van der Waals surface area (Å²) in [6, 6.07) is 0. The standard InChI is InChI=1S/C17H30N2O11P2/c1-10(2)32(25,26)30-13-12(5-8-31(22,23)24)29-16(14(13)28-7-6-27-4)19-9-11(3)15(20)18-17(19)21/h9-10,12-14,16H,5-8H2,1-4H3,(H,25,26)(H,18,20,21)(H2,22,23,24)/p-3. The highest BCUT2D eigenvalue weighted by Gasteiger charge is 2.49. The summed E-state index contributed by atoms with van der Waals surface area (Å²) >= 11 is 0. The minimum atomic E-state index is -4.94. The second-order valence-electron chi connectivity index (χ2n) is 7.70. The van der Waals surface area contributed by atoms with Crippen LogP contribution < -0.4 is 25.9 Å². The molecule has 15 heteroatoms. The predicted molar refractivity (Wildman–Crippen MR) is 106 cm³/mol. The highest BCUT2D eigenvalue weighted by Crippen LogP contribution is 2.49. The van der Waals surface area contributed by atoms with Crippen molar-refractivity contribution in [1.29, 1.82) is 0 Å². The molecule has 0 saturated carbocycles. The van der Waals surface area contributed by atoms with Crippen molar-refractivity contribution in [2.24, 2.45) is 0 Å². The Morgan fingerprint density at radius 1 is 1.19 bits per heavy atom. The molecule has 1 N–H and O–H groups in total. The Kier molecular flexibility index (Phi) is 9.20. The van der Waals surface area contributed by atoms with Gasteiger partial charge in [0.25, 0.3) is 5.56 Å². The normalized spacial score (nSPS) is 25.9. The van der Waals surface area contributed by atoms with Gasteiger partial charge < -0.3 is 42.5 Å². The predicted octanol–water partition coefficient (Wildman–Crippen LogP) is -1.58. The van der Waals surface area contributed by atoms with Gasteiger partial charge in [0.2, 0.25) is 0 Å². The fourth-order valence-electron chi connectivity index (χ4n) is 3.09. The van der Waals surface area contributed by atoms with E-state index in [2.05, 4.69) is 4.98 Å². The molecular weight excluding hydrogens is 470 g/mol. The first-order valence-electron chi connectivity index (χ1n) is 9.85. The fraction of sp³-hybridized carbons (Fsp3) is 0.765. The van der Waals surface area contributed by atoms with Crippen LogP contribution in [0.2, 0.25) is 0 Å². The number of aromatic nitrogens is 2. The number of aromatic amines is 1. The third-order valence-corrected chi connectivity index (χ3v) is 7.50. The van der Waals surface area contributed by atoms with Crippen LogP contribution in [0.5, 0.6) is 0 Å². The lowest BCUT2D eigenvalue weighted by atomic mass is 10.1. The van der Waals surface area contributed by atoms with E-state index in [-0.39, 0.29) is 25.2 Å². The molecule has 13 nitrogen and oxygen atoms in total. The van der Waals surface area contributed by atoms with Crippen molar-refractivity contribution in [2.45, 2.75) is 57.4 Å². The molecule has 2 heterocycles. The summed E-state index contributed by atoms with van der Waals surface area (Å²) in [5.41, 5.74) is -2.21. The zero-order chi connectivity index (χ0) is 24.3. The number of hydrogen-bond acceptors (Lipinski definition) is 11. The lowest BCUT2D eigenvalue weighted by molar-refractivity contribution is -0.313. The minimum absolute atomic E-state index is 0.0306. The topological polar surface area (TPSA) is 195 Å². The molecule has 0 amide bonds. The second-order valence-corrected chi connectivity index (χ2v) is 11.7. The first-order valence-corrected chi connectivity index (χ1v) is 13.2. The Labute approximate surface area is 184 Å². The molecule has 1 aliphatic rings. The molecule has 0 aliphatic carbocycles. The number of methoxy groups -OCH3 is 1. The number of nitrogens with one attached hydrogen (secondary N) is 1. The molecule has 0 aromatic carbocycles. The number of ether oxygens (including phenoxy) is 3. The van der Waals surface area contributed by atoms with Gasteiger partial charge in [-0.3, -0.25) is 14.3 Å². The van der Waals surface area contributed by atoms with Crippen LogP contribution in [-0.2, 0) is 27.9 Å². The van der Waals surface area contributed by atoms with Gasteiger partial charge in [-0.05, 0) is 19.5 Å². The molecule has 2 rings (SSSR count). The molecule has 0 radical (unpaired) electrons. The number of aryl methyl sites for hydroxylation is 1. The molecule has 1 aliphatic heterocycles. The molecule has 5 unspecified atom stereocenters. The monoisotopic (exact) mass is 497 g/mol. The zero-order valence-corrected chi connectivity index (χ0v) is 19.9. The molecule has 1 fully saturated rings. The smallest absolute Gasteiger partial charge is 0.330 e. The highest BCUT2D eigenvalue weighted by atomic mass is 31.2. The van der Waals surface area contributed by atoms with Gasteiger partial charge in [0, 0.05) is 24.5 Å². The number of hydrogen-bond donors (Lipinski definition) is 1. The van der Waals surface area contributed by atoms with Crippen molar-refractivity contribution < 1.29 is 42.5 Å². The van der Waals surface area contributed by atoms with E-state index >= 15 is 0 Å². The van der Waals surface area contributed by atoms with Crippen molar-refractivity contribution in [2.75, 3.05) is 26.5 Å². The molecule has 1 aromatic rings. The van der Waals surface area contributed by atoms with Gasteiger partial charge in [-0.25, -0.2) is 4.79 Å². The average Bonchev–Trinajstić information content (AvgIpc) is 2.99. The fourth-order valence-corrected chi connectivity index (χ4v) is 4.50. The van der Waals surface area contributed by atoms with E-state index in [0.29, 0.717) is 0 Å². The van der Waals surface area contributed by atoms with E-state index in [1.807, 2.05) is 0 Å². The summed E-state index contributed by atoms with van der Waals surface area (Å²) in [6.07, 6.45) is -5.02. The van der Waals surface area contributed by atoms with Gasteiger partial charge in [-0.2, -0.15) is 0 Å². The third kappa shape index (κ3) is 6.93. The van der Waals surface area contributed by atoms with Gasteiger partial charge in [-0.15, -0.1) is 0 Å². The van der Waals surface area contributed by atoms with Crippen LogP contribution in [0, 0.1) is 6.92 Å². The van der Waals surface area contributed by atoms with E-state index in [0.717, 1.165) is 4.57 Å². The lowest BCUT2D eigenvalue weighted by Crippen LogP contribution is -2.42. The van der Waals surface area contributed by atoms with Crippen LogP contribution in [0.15, 0.2) is 15.8 Å². The molecule has 0 spiro atoms. The van der Waals surface area contributed by atoms with Crippen LogP contribution in [0.1, 0.15) is 32.1 Å². The first kappa shape index (κ1) is 27.1. The summed E-state index contributed by atoms with van der Waals surface area (Å²) in [6.45, 7) is 4.34. The Balaban J connectivity index is 2.50. The van der Waals surface area contributed by atoms with Crippen LogP contribution >= 0.6 is 15.2 Å². The SMILES string of the molecule is COCCOC1C(OP(=O)([O-])C(C)C)C(CCP(=O)([O-])[O-])OC1n1cc(C)c(=O)[nH]c1=O. The van der Waals surface area contributed by atoms with E-state index in [4.69, 9.17) is 18.7 Å². The maximum absolute atomic E-state index is 12.5. The molecule has 5 atom stereocenters. The Morgan fingerprint density at radius 2 is 1.84 bits per heavy atom. The van der Waals surface area contributed by atoms with Crippen LogP contribution in [0.25, 0.3) is 0 Å². The second kappa shape index (κ2) is 10.9. The molecular formula is C17H27N2O11P2-3. The van der Waals surface area contributed by atoms with Crippen molar-refractivity contribution in [3.63, 3.8) is 0 Å². The van der Waals surface area contributed by atoms with Crippen molar-refractivity contribution in [1.82, 2.24) is 9.55 Å². The van der Waals surface area contributed by atoms with E-state index in [9.17, 15) is 33.4 Å². The summed E-state index contributed by atoms with van der Waals surface area (Å²) in [5, 5.41) is 0. The average molecular weight is 497 g/mol. The molecule has 184 valence electrons. The summed E-state index contributed by atoms with van der Waals surface area (Å²) in [4.78, 5) is 61.1. The third-order valence-electron chi connectivity index (χ3n) is 4.89. The van der Waals surface area contributed by atoms with Gasteiger partial charge >= 0.3 is 5.69 Å². The number of rotatable bonds is 11. The highest BCUT2D eigenvalue weighted by molar-refractivity contribution is 7.52. The van der Waals surface area contributed by atoms with E-state index < -0.39 is 62.8 Å². The molecule has 1 aromatic heterocycles. The van der Waals surface area contributed by atoms with Crippen molar-refractivity contribution in [3.8, 4) is 0 Å². The zero-order valence-electron chi connectivity index (χ0n) is 18.1. The molecule has 0 bridgehead atoms. The van der Waals surface area contributed by atoms with E-state index in [1.54, 1.807) is 0 Å².